The van der Waals surface area contributed by atoms with E-state index in [0.29, 0.717) is 25.7 Å². The minimum Gasteiger partial charge on any atom is -0.462 e. The number of carbonyl (C=O) groups is 3. The molecular formula is C64H104O6. The highest BCUT2D eigenvalue weighted by atomic mass is 16.6. The zero-order valence-electron chi connectivity index (χ0n) is 45.2. The second kappa shape index (κ2) is 57.4. The van der Waals surface area contributed by atoms with Crippen molar-refractivity contribution in [3.8, 4) is 0 Å². The van der Waals surface area contributed by atoms with Gasteiger partial charge < -0.3 is 14.2 Å². The minimum absolute atomic E-state index is 0.107. The SMILES string of the molecule is CC/C=C\C/C=C\C/C=C\C/C=C\C/C=C\C/C=C\CCCCC(=O)OCC(COC(=O)CCCCCCC/C=C\C/C=C\C/C=C\CC)OC(=O)CCCCCCC/C=C\CCCCCCCCC. The Morgan fingerprint density at radius 1 is 0.300 bits per heavy atom. The molecule has 0 saturated heterocycles. The molecular weight excluding hydrogens is 865 g/mol. The van der Waals surface area contributed by atoms with Crippen LogP contribution in [0, 0.1) is 0 Å². The standard InChI is InChI=1S/C64H104O6/c1-4-7-10-13-16-19-22-25-28-30-31-32-33-34-37-39-42-45-48-51-54-57-63(66)69-60-61(59-68-62(65)56-53-50-47-44-41-38-35-27-24-21-18-15-12-9-6-3)70-64(67)58-55-52-49-46-43-40-36-29-26-23-20-17-14-11-8-5-2/h7,9-10,12,16,18-19,21,25,27-29,31-32,34-37,42,45,61H,4-6,8,11,13-15,17,20,22-24,26,30,33,38-41,43-44,46-60H2,1-3H3/b10-7-,12-9-,19-16-,21-18-,28-25-,32-31-,35-27-,36-29-,37-34-,45-42-. The molecule has 0 aromatic heterocycles. The van der Waals surface area contributed by atoms with Crippen LogP contribution in [0.25, 0.3) is 0 Å². The van der Waals surface area contributed by atoms with Crippen molar-refractivity contribution in [2.75, 3.05) is 13.2 Å². The Morgan fingerprint density at radius 2 is 0.557 bits per heavy atom. The Balaban J connectivity index is 4.51. The van der Waals surface area contributed by atoms with Gasteiger partial charge in [0.05, 0.1) is 0 Å². The predicted molar refractivity (Wildman–Crippen MR) is 302 cm³/mol. The van der Waals surface area contributed by atoms with E-state index < -0.39 is 6.10 Å². The van der Waals surface area contributed by atoms with Crippen molar-refractivity contribution >= 4 is 17.9 Å². The molecule has 6 heteroatoms. The Bertz CT molecular complexity index is 1490. The van der Waals surface area contributed by atoms with Crippen molar-refractivity contribution in [1.82, 2.24) is 0 Å². The first-order valence-electron chi connectivity index (χ1n) is 28.5. The third-order valence-electron chi connectivity index (χ3n) is 11.7. The smallest absolute Gasteiger partial charge is 0.306 e. The fraction of sp³-hybridized carbons (Fsp3) is 0.641. The Labute approximate surface area is 431 Å². The van der Waals surface area contributed by atoms with Crippen molar-refractivity contribution in [3.05, 3.63) is 122 Å². The number of allylic oxidation sites excluding steroid dienone is 20. The zero-order valence-corrected chi connectivity index (χ0v) is 45.2. The first kappa shape index (κ1) is 65.8. The second-order valence-electron chi connectivity index (χ2n) is 18.4. The van der Waals surface area contributed by atoms with Gasteiger partial charge in [-0.25, -0.2) is 0 Å². The van der Waals surface area contributed by atoms with E-state index in [1.807, 2.05) is 0 Å². The number of ether oxygens (including phenoxy) is 3. The highest BCUT2D eigenvalue weighted by Gasteiger charge is 2.19. The van der Waals surface area contributed by atoms with Gasteiger partial charge in [-0.3, -0.25) is 14.4 Å². The van der Waals surface area contributed by atoms with Crippen molar-refractivity contribution < 1.29 is 28.6 Å². The lowest BCUT2D eigenvalue weighted by Gasteiger charge is -2.18. The molecule has 0 spiro atoms. The van der Waals surface area contributed by atoms with Crippen LogP contribution in [0.1, 0.15) is 245 Å². The van der Waals surface area contributed by atoms with Crippen molar-refractivity contribution in [2.24, 2.45) is 0 Å². The number of hydrogen-bond acceptors (Lipinski definition) is 6. The van der Waals surface area contributed by atoms with Crippen LogP contribution in [0.4, 0.5) is 0 Å². The van der Waals surface area contributed by atoms with Gasteiger partial charge in [-0.1, -0.05) is 219 Å². The summed E-state index contributed by atoms with van der Waals surface area (Å²) in [7, 11) is 0. The van der Waals surface area contributed by atoms with Gasteiger partial charge in [-0.15, -0.1) is 0 Å². The lowest BCUT2D eigenvalue weighted by Crippen LogP contribution is -2.30. The summed E-state index contributed by atoms with van der Waals surface area (Å²) in [6, 6.07) is 0. The van der Waals surface area contributed by atoms with Gasteiger partial charge >= 0.3 is 17.9 Å². The molecule has 70 heavy (non-hydrogen) atoms. The van der Waals surface area contributed by atoms with Gasteiger partial charge in [0.15, 0.2) is 6.10 Å². The van der Waals surface area contributed by atoms with Crippen LogP contribution in [-0.4, -0.2) is 37.2 Å². The second-order valence-corrected chi connectivity index (χ2v) is 18.4. The molecule has 0 N–H and O–H groups in total. The summed E-state index contributed by atoms with van der Waals surface area (Å²) in [5.74, 6) is -0.978. The van der Waals surface area contributed by atoms with Gasteiger partial charge in [0.25, 0.3) is 0 Å². The molecule has 1 unspecified atom stereocenters. The molecule has 396 valence electrons. The van der Waals surface area contributed by atoms with Crippen LogP contribution in [-0.2, 0) is 28.6 Å². The number of hydrogen-bond donors (Lipinski definition) is 0. The van der Waals surface area contributed by atoms with E-state index in [-0.39, 0.29) is 31.1 Å². The van der Waals surface area contributed by atoms with E-state index in [9.17, 15) is 14.4 Å². The molecule has 0 aliphatic heterocycles. The molecule has 0 radical (unpaired) electrons. The molecule has 0 heterocycles. The van der Waals surface area contributed by atoms with E-state index in [1.54, 1.807) is 0 Å². The Morgan fingerprint density at radius 3 is 0.914 bits per heavy atom. The van der Waals surface area contributed by atoms with Crippen LogP contribution in [0.15, 0.2) is 122 Å². The lowest BCUT2D eigenvalue weighted by atomic mass is 10.1. The third kappa shape index (κ3) is 54.7. The summed E-state index contributed by atoms with van der Waals surface area (Å²) in [6.45, 7) is 6.35. The molecule has 1 atom stereocenters. The molecule has 0 amide bonds. The number of esters is 3. The molecule has 0 saturated carbocycles. The van der Waals surface area contributed by atoms with E-state index in [2.05, 4.69) is 142 Å². The van der Waals surface area contributed by atoms with Crippen LogP contribution < -0.4 is 0 Å². The molecule has 0 aromatic carbocycles. The number of unbranched alkanes of at least 4 members (excludes halogenated alkanes) is 19. The van der Waals surface area contributed by atoms with E-state index in [0.717, 1.165) is 141 Å². The summed E-state index contributed by atoms with van der Waals surface area (Å²) in [5, 5.41) is 0. The van der Waals surface area contributed by atoms with Crippen molar-refractivity contribution in [1.29, 1.82) is 0 Å². The molecule has 0 aliphatic carbocycles. The lowest BCUT2D eigenvalue weighted by molar-refractivity contribution is -0.167. The van der Waals surface area contributed by atoms with Gasteiger partial charge in [0.2, 0.25) is 0 Å². The van der Waals surface area contributed by atoms with Gasteiger partial charge in [0.1, 0.15) is 13.2 Å². The summed E-state index contributed by atoms with van der Waals surface area (Å²) in [5.41, 5.74) is 0. The molecule has 0 rings (SSSR count). The summed E-state index contributed by atoms with van der Waals surface area (Å²) in [4.78, 5) is 38.1. The summed E-state index contributed by atoms with van der Waals surface area (Å²) in [6.07, 6.45) is 79.0. The molecule has 0 aliphatic rings. The molecule has 0 aromatic rings. The maximum absolute atomic E-state index is 12.9. The summed E-state index contributed by atoms with van der Waals surface area (Å²) < 4.78 is 16.8. The number of carbonyl (C=O) groups excluding carboxylic acids is 3. The summed E-state index contributed by atoms with van der Waals surface area (Å²) >= 11 is 0. The molecule has 0 bridgehead atoms. The zero-order chi connectivity index (χ0) is 50.7. The molecule has 6 nitrogen and oxygen atoms in total. The van der Waals surface area contributed by atoms with E-state index in [1.165, 1.54) is 57.8 Å². The Kier molecular flexibility index (Phi) is 54.0. The van der Waals surface area contributed by atoms with Gasteiger partial charge in [-0.2, -0.15) is 0 Å². The first-order valence-corrected chi connectivity index (χ1v) is 28.5. The topological polar surface area (TPSA) is 78.9 Å². The normalized spacial score (nSPS) is 13.0. The fourth-order valence-electron chi connectivity index (χ4n) is 7.45. The van der Waals surface area contributed by atoms with Crippen molar-refractivity contribution in [2.45, 2.75) is 252 Å². The molecule has 0 fully saturated rings. The van der Waals surface area contributed by atoms with Crippen LogP contribution in [0.2, 0.25) is 0 Å². The van der Waals surface area contributed by atoms with Crippen molar-refractivity contribution in [3.63, 3.8) is 0 Å². The highest BCUT2D eigenvalue weighted by molar-refractivity contribution is 5.71. The Hall–Kier alpha value is -4.19. The van der Waals surface area contributed by atoms with Gasteiger partial charge in [0, 0.05) is 19.3 Å². The quantitative estimate of drug-likeness (QED) is 0.0262. The highest BCUT2D eigenvalue weighted by Crippen LogP contribution is 2.13. The first-order chi connectivity index (χ1) is 34.5. The maximum Gasteiger partial charge on any atom is 0.306 e. The minimum atomic E-state index is -0.812. The van der Waals surface area contributed by atoms with E-state index in [4.69, 9.17) is 14.2 Å². The van der Waals surface area contributed by atoms with E-state index >= 15 is 0 Å². The average Bonchev–Trinajstić information content (AvgIpc) is 3.36. The van der Waals surface area contributed by atoms with Crippen LogP contribution in [0.3, 0.4) is 0 Å². The fourth-order valence-corrected chi connectivity index (χ4v) is 7.45. The van der Waals surface area contributed by atoms with Gasteiger partial charge in [-0.05, 0) is 128 Å². The van der Waals surface area contributed by atoms with Crippen LogP contribution in [0.5, 0.6) is 0 Å². The largest absolute Gasteiger partial charge is 0.462 e. The monoisotopic (exact) mass is 969 g/mol. The predicted octanol–water partition coefficient (Wildman–Crippen LogP) is 19.3. The maximum atomic E-state index is 12.9. The average molecular weight is 970 g/mol. The van der Waals surface area contributed by atoms with Crippen LogP contribution >= 0.6 is 0 Å². The number of rotatable bonds is 50. The third-order valence-corrected chi connectivity index (χ3v) is 11.7.